The molecule has 1 saturated heterocycles. The zero-order chi connectivity index (χ0) is 12.1. The van der Waals surface area contributed by atoms with E-state index in [-0.39, 0.29) is 0 Å². The van der Waals surface area contributed by atoms with Crippen molar-refractivity contribution in [3.05, 3.63) is 18.1 Å². The van der Waals surface area contributed by atoms with Gasteiger partial charge in [-0.05, 0) is 19.8 Å². The van der Waals surface area contributed by atoms with E-state index in [1.165, 1.54) is 6.42 Å². The largest absolute Gasteiger partial charge is 0.376 e. The zero-order valence-corrected chi connectivity index (χ0v) is 10.3. The standard InChI is InChI=1S/C12H20N4O/c1-2-16(9-11-4-3-5-17-11)12-8-14-10(6-13)7-15-12/h7-8,11H,2-6,9,13H2,1H3. The van der Waals surface area contributed by atoms with E-state index in [1.54, 1.807) is 12.4 Å². The topological polar surface area (TPSA) is 64.3 Å². The fourth-order valence-electron chi connectivity index (χ4n) is 2.04. The van der Waals surface area contributed by atoms with Gasteiger partial charge in [-0.25, -0.2) is 4.98 Å². The van der Waals surface area contributed by atoms with Crippen molar-refractivity contribution in [2.45, 2.75) is 32.4 Å². The third-order valence-electron chi connectivity index (χ3n) is 3.05. The van der Waals surface area contributed by atoms with Crippen molar-refractivity contribution in [2.24, 2.45) is 5.73 Å². The van der Waals surface area contributed by atoms with Gasteiger partial charge in [-0.2, -0.15) is 0 Å². The van der Waals surface area contributed by atoms with Crippen LogP contribution in [-0.2, 0) is 11.3 Å². The number of hydrogen-bond acceptors (Lipinski definition) is 5. The van der Waals surface area contributed by atoms with Gasteiger partial charge >= 0.3 is 0 Å². The minimum absolute atomic E-state index is 0.339. The molecular weight excluding hydrogens is 216 g/mol. The summed E-state index contributed by atoms with van der Waals surface area (Å²) in [6, 6.07) is 0. The monoisotopic (exact) mass is 236 g/mol. The highest BCUT2D eigenvalue weighted by Crippen LogP contribution is 2.16. The van der Waals surface area contributed by atoms with Crippen molar-refractivity contribution >= 4 is 5.82 Å². The molecule has 2 rings (SSSR count). The number of ether oxygens (including phenoxy) is 1. The maximum atomic E-state index is 5.64. The summed E-state index contributed by atoms with van der Waals surface area (Å²) in [5, 5.41) is 0. The molecule has 0 amide bonds. The van der Waals surface area contributed by atoms with Gasteiger partial charge < -0.3 is 15.4 Å². The first kappa shape index (κ1) is 12.3. The summed E-state index contributed by atoms with van der Waals surface area (Å²) in [4.78, 5) is 10.9. The molecule has 0 saturated carbocycles. The Hall–Kier alpha value is -1.20. The molecule has 17 heavy (non-hydrogen) atoms. The first-order valence-corrected chi connectivity index (χ1v) is 6.21. The molecule has 1 atom stereocenters. The van der Waals surface area contributed by atoms with E-state index in [4.69, 9.17) is 10.5 Å². The van der Waals surface area contributed by atoms with Crippen LogP contribution >= 0.6 is 0 Å². The highest BCUT2D eigenvalue weighted by atomic mass is 16.5. The Balaban J connectivity index is 2.00. The van der Waals surface area contributed by atoms with E-state index < -0.39 is 0 Å². The minimum Gasteiger partial charge on any atom is -0.376 e. The first-order valence-electron chi connectivity index (χ1n) is 6.21. The van der Waals surface area contributed by atoms with E-state index >= 15 is 0 Å². The molecule has 2 N–H and O–H groups in total. The van der Waals surface area contributed by atoms with E-state index in [1.807, 2.05) is 0 Å². The first-order chi connectivity index (χ1) is 8.33. The van der Waals surface area contributed by atoms with Crippen molar-refractivity contribution in [1.82, 2.24) is 9.97 Å². The summed E-state index contributed by atoms with van der Waals surface area (Å²) in [6.07, 6.45) is 6.19. The van der Waals surface area contributed by atoms with Crippen LogP contribution in [0.4, 0.5) is 5.82 Å². The normalized spacial score (nSPS) is 19.5. The van der Waals surface area contributed by atoms with Gasteiger partial charge in [-0.15, -0.1) is 0 Å². The highest BCUT2D eigenvalue weighted by Gasteiger charge is 2.19. The SMILES string of the molecule is CCN(CC1CCCO1)c1cnc(CN)cn1. The van der Waals surface area contributed by atoms with Gasteiger partial charge in [0.05, 0.1) is 24.2 Å². The molecule has 0 aromatic carbocycles. The molecule has 5 heteroatoms. The predicted octanol–water partition coefficient (Wildman–Crippen LogP) is 0.941. The number of nitrogens with zero attached hydrogens (tertiary/aromatic N) is 3. The Morgan fingerprint density at radius 3 is 2.88 bits per heavy atom. The average Bonchev–Trinajstić information content (AvgIpc) is 2.89. The summed E-state index contributed by atoms with van der Waals surface area (Å²) in [5.41, 5.74) is 6.33. The number of hydrogen-bond donors (Lipinski definition) is 1. The number of likely N-dealkylation sites (N-methyl/N-ethyl adjacent to an activating group) is 1. The minimum atomic E-state index is 0.339. The van der Waals surface area contributed by atoms with Crippen LogP contribution in [0.15, 0.2) is 12.4 Å². The third-order valence-corrected chi connectivity index (χ3v) is 3.05. The van der Waals surface area contributed by atoms with Crippen LogP contribution in [-0.4, -0.2) is 35.8 Å². The fraction of sp³-hybridized carbons (Fsp3) is 0.667. The van der Waals surface area contributed by atoms with Crippen LogP contribution in [0, 0.1) is 0 Å². The van der Waals surface area contributed by atoms with Crippen molar-refractivity contribution in [1.29, 1.82) is 0 Å². The number of nitrogens with two attached hydrogens (primary N) is 1. The molecule has 1 unspecified atom stereocenters. The predicted molar refractivity (Wildman–Crippen MR) is 66.8 cm³/mol. The van der Waals surface area contributed by atoms with Gasteiger partial charge in [0.25, 0.3) is 0 Å². The molecular formula is C12H20N4O. The van der Waals surface area contributed by atoms with Gasteiger partial charge in [-0.3, -0.25) is 4.98 Å². The molecule has 2 heterocycles. The summed E-state index contributed by atoms with van der Waals surface area (Å²) >= 11 is 0. The van der Waals surface area contributed by atoms with E-state index in [0.717, 1.165) is 37.6 Å². The van der Waals surface area contributed by atoms with Crippen molar-refractivity contribution in [3.8, 4) is 0 Å². The zero-order valence-electron chi connectivity index (χ0n) is 10.3. The van der Waals surface area contributed by atoms with Crippen molar-refractivity contribution in [2.75, 3.05) is 24.6 Å². The van der Waals surface area contributed by atoms with Crippen LogP contribution in [0.5, 0.6) is 0 Å². The fourth-order valence-corrected chi connectivity index (χ4v) is 2.04. The van der Waals surface area contributed by atoms with Gasteiger partial charge in [-0.1, -0.05) is 0 Å². The van der Waals surface area contributed by atoms with Gasteiger partial charge in [0.2, 0.25) is 0 Å². The molecule has 1 aliphatic heterocycles. The van der Waals surface area contributed by atoms with E-state index in [2.05, 4.69) is 21.8 Å². The van der Waals surface area contributed by atoms with Crippen molar-refractivity contribution < 1.29 is 4.74 Å². The van der Waals surface area contributed by atoms with E-state index in [9.17, 15) is 0 Å². The lowest BCUT2D eigenvalue weighted by molar-refractivity contribution is 0.115. The quantitative estimate of drug-likeness (QED) is 0.824. The van der Waals surface area contributed by atoms with Crippen LogP contribution in [0.1, 0.15) is 25.5 Å². The molecule has 0 aliphatic carbocycles. The Kier molecular flexibility index (Phi) is 4.28. The second-order valence-electron chi connectivity index (χ2n) is 4.24. The lowest BCUT2D eigenvalue weighted by atomic mass is 10.2. The average molecular weight is 236 g/mol. The molecule has 0 radical (unpaired) electrons. The van der Waals surface area contributed by atoms with E-state index in [0.29, 0.717) is 12.6 Å². The second-order valence-corrected chi connectivity index (χ2v) is 4.24. The van der Waals surface area contributed by atoms with Gasteiger partial charge in [0, 0.05) is 26.2 Å². The molecule has 1 aromatic heterocycles. The summed E-state index contributed by atoms with van der Waals surface area (Å²) in [5.74, 6) is 0.903. The summed E-state index contributed by atoms with van der Waals surface area (Å²) < 4.78 is 5.64. The summed E-state index contributed by atoms with van der Waals surface area (Å²) in [7, 11) is 0. The smallest absolute Gasteiger partial charge is 0.147 e. The lowest BCUT2D eigenvalue weighted by Gasteiger charge is -2.24. The highest BCUT2D eigenvalue weighted by molar-refractivity contribution is 5.35. The van der Waals surface area contributed by atoms with Crippen LogP contribution in [0.2, 0.25) is 0 Å². The Morgan fingerprint density at radius 2 is 2.35 bits per heavy atom. The van der Waals surface area contributed by atoms with Gasteiger partial charge in [0.1, 0.15) is 5.82 Å². The molecule has 5 nitrogen and oxygen atoms in total. The maximum Gasteiger partial charge on any atom is 0.147 e. The molecule has 94 valence electrons. The molecule has 1 aliphatic rings. The lowest BCUT2D eigenvalue weighted by Crippen LogP contribution is -2.32. The molecule has 0 spiro atoms. The van der Waals surface area contributed by atoms with Gasteiger partial charge in [0.15, 0.2) is 0 Å². The maximum absolute atomic E-state index is 5.64. The Bertz CT molecular complexity index is 335. The number of anilines is 1. The van der Waals surface area contributed by atoms with Crippen LogP contribution < -0.4 is 10.6 Å². The Labute approximate surface area is 102 Å². The third kappa shape index (κ3) is 3.14. The molecule has 0 bridgehead atoms. The van der Waals surface area contributed by atoms with Crippen LogP contribution in [0.25, 0.3) is 0 Å². The number of rotatable bonds is 5. The number of aromatic nitrogens is 2. The summed E-state index contributed by atoms with van der Waals surface area (Å²) in [6.45, 7) is 5.25. The van der Waals surface area contributed by atoms with Crippen molar-refractivity contribution in [3.63, 3.8) is 0 Å². The second kappa shape index (κ2) is 5.93. The van der Waals surface area contributed by atoms with Crippen LogP contribution in [0.3, 0.4) is 0 Å². The molecule has 1 aromatic rings. The molecule has 1 fully saturated rings. The Morgan fingerprint density at radius 1 is 1.47 bits per heavy atom.